The fourth-order valence-electron chi connectivity index (χ4n) is 0. The van der Waals surface area contributed by atoms with Gasteiger partial charge in [-0.05, 0) is 0 Å². The number of halogens is 1. The van der Waals surface area contributed by atoms with Gasteiger partial charge in [0.2, 0.25) is 0 Å². The maximum absolute atomic E-state index is 5.86. The molecule has 8 radical (unpaired) electrons. The number of nitrogens with two attached hydrogens (primary N) is 1. The molecule has 0 saturated heterocycles. The van der Waals surface area contributed by atoms with Crippen molar-refractivity contribution in [3.8, 4) is 0 Å². The minimum absolute atomic E-state index is 0. The molecule has 0 bridgehead atoms. The summed E-state index contributed by atoms with van der Waals surface area (Å²) in [6, 6.07) is 0. The van der Waals surface area contributed by atoms with Crippen LogP contribution < -0.4 is 5.73 Å². The Hall–Kier alpha value is 1.92. The SMILES string of the molecule is I.N=CN.[Pb].[Sn]. The summed E-state index contributed by atoms with van der Waals surface area (Å²) < 4.78 is 0. The molecule has 0 aromatic heterocycles. The Morgan fingerprint density at radius 1 is 1.50 bits per heavy atom. The van der Waals surface area contributed by atoms with E-state index in [1.54, 1.807) is 0 Å². The van der Waals surface area contributed by atoms with Crippen LogP contribution in [0.5, 0.6) is 0 Å². The Labute approximate surface area is 91.3 Å². The van der Waals surface area contributed by atoms with Crippen LogP contribution in [-0.2, 0) is 0 Å². The van der Waals surface area contributed by atoms with Gasteiger partial charge in [0, 0.05) is 51.2 Å². The molecular weight excluding hydrogens is 493 g/mol. The second-order valence-corrected chi connectivity index (χ2v) is 0.167. The molecule has 0 aliphatic heterocycles. The van der Waals surface area contributed by atoms with Crippen LogP contribution in [0.3, 0.4) is 0 Å². The van der Waals surface area contributed by atoms with Gasteiger partial charge in [0.05, 0.1) is 6.34 Å². The first-order chi connectivity index (χ1) is 1.41. The van der Waals surface area contributed by atoms with E-state index in [2.05, 4.69) is 5.73 Å². The Morgan fingerprint density at radius 2 is 1.50 bits per heavy atom. The molecule has 0 rings (SSSR count). The summed E-state index contributed by atoms with van der Waals surface area (Å²) in [6.45, 7) is 0. The summed E-state index contributed by atoms with van der Waals surface area (Å²) in [5, 5.41) is 5.86. The number of hydrogen-bond donors (Lipinski definition) is 2. The van der Waals surface area contributed by atoms with Crippen LogP contribution in [0.25, 0.3) is 0 Å². The van der Waals surface area contributed by atoms with Gasteiger partial charge in [0.1, 0.15) is 0 Å². The van der Waals surface area contributed by atoms with E-state index in [0.717, 1.165) is 6.34 Å². The maximum atomic E-state index is 5.86. The van der Waals surface area contributed by atoms with Crippen LogP contribution in [0.15, 0.2) is 0 Å². The Balaban J connectivity index is -0.00000000667. The van der Waals surface area contributed by atoms with Crippen molar-refractivity contribution in [2.24, 2.45) is 5.73 Å². The van der Waals surface area contributed by atoms with Gasteiger partial charge in [-0.15, -0.1) is 24.0 Å². The van der Waals surface area contributed by atoms with Gasteiger partial charge in [0.15, 0.2) is 0 Å². The molecule has 2 nitrogen and oxygen atoms in total. The number of hydrogen-bond acceptors (Lipinski definition) is 1. The molecular formula is CH5IN2PbSn. The summed E-state index contributed by atoms with van der Waals surface area (Å²) in [5.74, 6) is 0. The normalized spacial score (nSPS) is 2.00. The molecule has 0 aliphatic carbocycles. The molecule has 0 amide bonds. The van der Waals surface area contributed by atoms with Crippen molar-refractivity contribution in [2.45, 2.75) is 0 Å². The van der Waals surface area contributed by atoms with Crippen LogP contribution in [0, 0.1) is 5.41 Å². The fourth-order valence-corrected chi connectivity index (χ4v) is 0. The van der Waals surface area contributed by atoms with E-state index in [0.29, 0.717) is 0 Å². The van der Waals surface area contributed by atoms with Crippen molar-refractivity contribution in [1.29, 1.82) is 5.41 Å². The van der Waals surface area contributed by atoms with Gasteiger partial charge in [-0.25, -0.2) is 0 Å². The number of nitrogens with one attached hydrogen (secondary N) is 1. The second-order valence-electron chi connectivity index (χ2n) is 0.167. The molecule has 0 aromatic rings. The van der Waals surface area contributed by atoms with E-state index in [1.807, 2.05) is 0 Å². The Bertz CT molecular complexity index is 21.0. The average molecular weight is 498 g/mol. The zero-order chi connectivity index (χ0) is 2.71. The first-order valence-corrected chi connectivity index (χ1v) is 0.622. The topological polar surface area (TPSA) is 49.9 Å². The van der Waals surface area contributed by atoms with Crippen molar-refractivity contribution in [3.63, 3.8) is 0 Å². The van der Waals surface area contributed by atoms with Crippen molar-refractivity contribution in [2.75, 3.05) is 0 Å². The zero-order valence-electron chi connectivity index (χ0n) is 3.06. The molecule has 34 valence electrons. The molecule has 0 heterocycles. The number of rotatable bonds is 0. The predicted octanol–water partition coefficient (Wildman–Crippen LogP) is -0.591. The molecule has 6 heavy (non-hydrogen) atoms. The van der Waals surface area contributed by atoms with Crippen molar-refractivity contribution in [3.05, 3.63) is 0 Å². The molecule has 0 aliphatic rings. The van der Waals surface area contributed by atoms with Crippen molar-refractivity contribution in [1.82, 2.24) is 0 Å². The molecule has 0 spiro atoms. The van der Waals surface area contributed by atoms with Crippen LogP contribution >= 0.6 is 24.0 Å². The molecule has 5 heteroatoms. The third-order valence-corrected chi connectivity index (χ3v) is 0. The molecule has 0 unspecified atom stereocenters. The van der Waals surface area contributed by atoms with Gasteiger partial charge in [0.25, 0.3) is 0 Å². The van der Waals surface area contributed by atoms with Gasteiger partial charge in [-0.1, -0.05) is 0 Å². The summed E-state index contributed by atoms with van der Waals surface area (Å²) in [5.41, 5.74) is 4.39. The quantitative estimate of drug-likeness (QED) is 0.200. The minimum Gasteiger partial charge on any atom is -0.390 e. The van der Waals surface area contributed by atoms with Crippen molar-refractivity contribution >= 4 is 81.5 Å². The standard InChI is InChI=1S/CH4N2.HI.Pb.Sn/c2-1-3;;;/h1H,(H3,2,3);1H;;. The first-order valence-electron chi connectivity index (χ1n) is 0.622. The third-order valence-electron chi connectivity index (χ3n) is 0. The second kappa shape index (κ2) is 28.4. The molecule has 0 atom stereocenters. The van der Waals surface area contributed by atoms with E-state index in [9.17, 15) is 0 Å². The maximum Gasteiger partial charge on any atom is 0.0765 e. The van der Waals surface area contributed by atoms with Crippen LogP contribution in [-0.4, -0.2) is 57.5 Å². The largest absolute Gasteiger partial charge is 0.390 e. The van der Waals surface area contributed by atoms with E-state index in [1.165, 1.54) is 0 Å². The van der Waals surface area contributed by atoms with Crippen LogP contribution in [0.1, 0.15) is 0 Å². The van der Waals surface area contributed by atoms with Gasteiger partial charge in [-0.3, -0.25) is 5.41 Å². The summed E-state index contributed by atoms with van der Waals surface area (Å²) in [7, 11) is 0. The third kappa shape index (κ3) is 38.9. The first kappa shape index (κ1) is 24.7. The molecule has 0 aromatic carbocycles. The van der Waals surface area contributed by atoms with E-state index in [4.69, 9.17) is 5.41 Å². The van der Waals surface area contributed by atoms with Gasteiger partial charge in [-0.2, -0.15) is 0 Å². The Kier molecular flexibility index (Phi) is 117. The van der Waals surface area contributed by atoms with Crippen molar-refractivity contribution < 1.29 is 0 Å². The average Bonchev–Trinajstić information content (AvgIpc) is 0.918. The van der Waals surface area contributed by atoms with E-state index < -0.39 is 0 Å². The molecule has 0 saturated carbocycles. The zero-order valence-corrected chi connectivity index (χ0v) is 12.1. The van der Waals surface area contributed by atoms with E-state index >= 15 is 0 Å². The monoisotopic (exact) mass is 500 g/mol. The summed E-state index contributed by atoms with van der Waals surface area (Å²) in [6.07, 6.45) is 0.750. The van der Waals surface area contributed by atoms with Crippen LogP contribution in [0.4, 0.5) is 0 Å². The van der Waals surface area contributed by atoms with E-state index in [-0.39, 0.29) is 75.2 Å². The molecule has 3 N–H and O–H groups in total. The van der Waals surface area contributed by atoms with Crippen LogP contribution in [0.2, 0.25) is 0 Å². The van der Waals surface area contributed by atoms with Gasteiger partial charge < -0.3 is 5.73 Å². The fraction of sp³-hybridized carbons (Fsp3) is 0. The summed E-state index contributed by atoms with van der Waals surface area (Å²) >= 11 is 0. The minimum atomic E-state index is 0. The van der Waals surface area contributed by atoms with Gasteiger partial charge >= 0.3 is 0 Å². The summed E-state index contributed by atoms with van der Waals surface area (Å²) in [4.78, 5) is 0. The molecule has 0 fully saturated rings. The predicted molar refractivity (Wildman–Crippen MR) is 39.9 cm³/mol. The smallest absolute Gasteiger partial charge is 0.0765 e. The Morgan fingerprint density at radius 3 is 1.50 bits per heavy atom.